The van der Waals surface area contributed by atoms with E-state index in [0.717, 1.165) is 4.57 Å². The molecule has 3 rings (SSSR count). The molecule has 114 valence electrons. The summed E-state index contributed by atoms with van der Waals surface area (Å²) in [5.74, 6) is -0.134. The number of imidazole rings is 1. The van der Waals surface area contributed by atoms with Crippen LogP contribution in [0.15, 0.2) is 6.33 Å². The second-order valence-corrected chi connectivity index (χ2v) is 5.46. The van der Waals surface area contributed by atoms with Gasteiger partial charge in [-0.25, -0.2) is 9.37 Å². The van der Waals surface area contributed by atoms with Gasteiger partial charge in [-0.3, -0.25) is 4.57 Å². The Labute approximate surface area is 127 Å². The van der Waals surface area contributed by atoms with Gasteiger partial charge < -0.3 is 20.7 Å². The van der Waals surface area contributed by atoms with E-state index in [1.54, 1.807) is 0 Å². The first-order valence-electron chi connectivity index (χ1n) is 5.84. The number of aromatic nitrogens is 4. The normalized spacial score (nSPS) is 32.9. The molecule has 2 aromatic heterocycles. The Morgan fingerprint density at radius 2 is 2.24 bits per heavy atom. The van der Waals surface area contributed by atoms with Gasteiger partial charge in [-0.15, -0.1) is 0 Å². The van der Waals surface area contributed by atoms with Gasteiger partial charge in [0.1, 0.15) is 17.7 Å². The molecule has 0 aliphatic carbocycles. The summed E-state index contributed by atoms with van der Waals surface area (Å²) >= 11 is 11.6. The largest absolute Gasteiger partial charge is 0.394 e. The van der Waals surface area contributed by atoms with Gasteiger partial charge in [0.15, 0.2) is 17.0 Å². The summed E-state index contributed by atoms with van der Waals surface area (Å²) < 4.78 is 20.9. The van der Waals surface area contributed by atoms with Crippen LogP contribution in [0.3, 0.4) is 0 Å². The van der Waals surface area contributed by atoms with Crippen LogP contribution < -0.4 is 5.73 Å². The van der Waals surface area contributed by atoms with Crippen molar-refractivity contribution in [3.63, 3.8) is 0 Å². The lowest BCUT2D eigenvalue weighted by Crippen LogP contribution is -2.38. The van der Waals surface area contributed by atoms with E-state index in [9.17, 15) is 9.50 Å². The molecular formula is C10H10Cl2FN5O3. The Balaban J connectivity index is 2.13. The van der Waals surface area contributed by atoms with Crippen LogP contribution >= 0.6 is 23.2 Å². The van der Waals surface area contributed by atoms with Gasteiger partial charge in [-0.05, 0) is 0 Å². The molecule has 0 radical (unpaired) electrons. The Morgan fingerprint density at radius 1 is 1.52 bits per heavy atom. The fraction of sp³-hybridized carbons (Fsp3) is 0.500. The second-order valence-electron chi connectivity index (χ2n) is 4.53. The molecule has 1 unspecified atom stereocenters. The quantitative estimate of drug-likeness (QED) is 0.529. The molecule has 0 aromatic carbocycles. The Kier molecular flexibility index (Phi) is 3.41. The lowest BCUT2D eigenvalue weighted by Gasteiger charge is -2.22. The smallest absolute Gasteiger partial charge is 0.256 e. The van der Waals surface area contributed by atoms with E-state index >= 15 is 0 Å². The highest BCUT2D eigenvalue weighted by atomic mass is 35.5. The number of nitrogens with two attached hydrogens (primary N) is 1. The topological polar surface area (TPSA) is 119 Å². The number of nitrogen functional groups attached to an aromatic ring is 1. The zero-order valence-corrected chi connectivity index (χ0v) is 11.8. The van der Waals surface area contributed by atoms with E-state index in [4.69, 9.17) is 38.8 Å². The molecule has 2 aromatic rings. The molecule has 0 bridgehead atoms. The number of aliphatic hydroxyl groups is 2. The predicted octanol–water partition coefficient (Wildman–Crippen LogP) is 0.217. The Hall–Kier alpha value is -1.26. The van der Waals surface area contributed by atoms with Crippen LogP contribution in [0.4, 0.5) is 10.3 Å². The molecule has 1 aliphatic heterocycles. The standard InChI is InChI=1S/C10H10Cl2FN5O3/c11-6-4-7(17-9(14)16-6)18(2-15-4)8-10(12,13)5(20)3(1-19)21-8/h2-3,5,8,19-20H,1H2,(H2,14,16,17)/t3-,5-,8?,10-/m1/s1. The first kappa shape index (κ1) is 14.7. The van der Waals surface area contributed by atoms with E-state index in [-0.39, 0.29) is 22.3 Å². The molecule has 4 N–H and O–H groups in total. The molecule has 0 saturated carbocycles. The number of hydrogen-bond donors (Lipinski definition) is 3. The lowest BCUT2D eigenvalue weighted by atomic mass is 10.1. The van der Waals surface area contributed by atoms with E-state index < -0.39 is 30.2 Å². The average molecular weight is 338 g/mol. The zero-order chi connectivity index (χ0) is 15.4. The van der Waals surface area contributed by atoms with E-state index in [2.05, 4.69) is 15.0 Å². The summed E-state index contributed by atoms with van der Waals surface area (Å²) in [6.45, 7) is -0.597. The van der Waals surface area contributed by atoms with Crippen molar-refractivity contribution in [2.45, 2.75) is 23.6 Å². The minimum atomic E-state index is -2.67. The van der Waals surface area contributed by atoms with Crippen LogP contribution in [-0.2, 0) is 4.74 Å². The van der Waals surface area contributed by atoms with Crippen molar-refractivity contribution >= 4 is 40.3 Å². The van der Waals surface area contributed by atoms with E-state index in [0.29, 0.717) is 0 Å². The van der Waals surface area contributed by atoms with Crippen molar-refractivity contribution in [1.82, 2.24) is 19.5 Å². The summed E-state index contributed by atoms with van der Waals surface area (Å²) in [4.78, 5) is 11.6. The van der Waals surface area contributed by atoms with E-state index in [1.807, 2.05) is 0 Å². The SMILES string of the molecule is Nc1nc(Cl)c2ncn(C3O[C@H](CO)[C@@H](O)[C@]3(F)Cl)c2n1. The van der Waals surface area contributed by atoms with Gasteiger partial charge in [-0.1, -0.05) is 23.2 Å². The van der Waals surface area contributed by atoms with Crippen molar-refractivity contribution in [2.75, 3.05) is 12.3 Å². The number of hydrogen-bond acceptors (Lipinski definition) is 7. The number of ether oxygens (including phenoxy) is 1. The molecule has 8 nitrogen and oxygen atoms in total. The number of rotatable bonds is 2. The number of aliphatic hydroxyl groups excluding tert-OH is 2. The number of nitrogens with zero attached hydrogens (tertiary/aromatic N) is 4. The zero-order valence-electron chi connectivity index (χ0n) is 10.3. The summed E-state index contributed by atoms with van der Waals surface area (Å²) in [5, 5.41) is 16.2. The van der Waals surface area contributed by atoms with Gasteiger partial charge in [-0.2, -0.15) is 9.97 Å². The van der Waals surface area contributed by atoms with Gasteiger partial charge >= 0.3 is 0 Å². The van der Waals surface area contributed by atoms with Crippen LogP contribution in [0.25, 0.3) is 11.2 Å². The van der Waals surface area contributed by atoms with Gasteiger partial charge in [0.2, 0.25) is 5.95 Å². The maximum absolute atomic E-state index is 14.5. The third-order valence-electron chi connectivity index (χ3n) is 3.21. The molecule has 1 saturated heterocycles. The Bertz CT molecular complexity index is 697. The van der Waals surface area contributed by atoms with Gasteiger partial charge in [0, 0.05) is 0 Å². The van der Waals surface area contributed by atoms with Crippen LogP contribution in [0.5, 0.6) is 0 Å². The molecule has 0 amide bonds. The average Bonchev–Trinajstić information content (AvgIpc) is 2.91. The number of alkyl halides is 2. The first-order valence-corrected chi connectivity index (χ1v) is 6.59. The maximum atomic E-state index is 14.5. The van der Waals surface area contributed by atoms with Crippen molar-refractivity contribution < 1.29 is 19.3 Å². The van der Waals surface area contributed by atoms with Crippen molar-refractivity contribution in [2.24, 2.45) is 0 Å². The molecule has 21 heavy (non-hydrogen) atoms. The maximum Gasteiger partial charge on any atom is 0.256 e. The van der Waals surface area contributed by atoms with Crippen molar-refractivity contribution in [3.8, 4) is 0 Å². The van der Waals surface area contributed by atoms with Crippen LogP contribution in [0.2, 0.25) is 5.15 Å². The summed E-state index contributed by atoms with van der Waals surface area (Å²) in [6, 6.07) is 0. The molecule has 4 atom stereocenters. The van der Waals surface area contributed by atoms with Crippen LogP contribution in [0, 0.1) is 0 Å². The summed E-state index contributed by atoms with van der Waals surface area (Å²) in [6.07, 6.45) is -3.16. The molecule has 11 heteroatoms. The third-order valence-corrected chi connectivity index (χ3v) is 3.88. The number of anilines is 1. The highest BCUT2D eigenvalue weighted by Gasteiger charge is 2.57. The molecule has 0 spiro atoms. The van der Waals surface area contributed by atoms with Gasteiger partial charge in [0.25, 0.3) is 5.13 Å². The molecule has 3 heterocycles. The lowest BCUT2D eigenvalue weighted by molar-refractivity contribution is -0.0482. The fourth-order valence-electron chi connectivity index (χ4n) is 2.19. The monoisotopic (exact) mass is 337 g/mol. The predicted molar refractivity (Wildman–Crippen MR) is 71.4 cm³/mol. The van der Waals surface area contributed by atoms with Crippen molar-refractivity contribution in [3.05, 3.63) is 11.5 Å². The highest BCUT2D eigenvalue weighted by molar-refractivity contribution is 6.33. The number of halogens is 3. The summed E-state index contributed by atoms with van der Waals surface area (Å²) in [5.41, 5.74) is 5.78. The highest BCUT2D eigenvalue weighted by Crippen LogP contribution is 2.45. The molecular weight excluding hydrogens is 328 g/mol. The first-order chi connectivity index (χ1) is 9.86. The fourth-order valence-corrected chi connectivity index (χ4v) is 2.71. The third kappa shape index (κ3) is 2.12. The van der Waals surface area contributed by atoms with Crippen LogP contribution in [-0.4, -0.2) is 53.7 Å². The van der Waals surface area contributed by atoms with E-state index in [1.165, 1.54) is 6.33 Å². The summed E-state index contributed by atoms with van der Waals surface area (Å²) in [7, 11) is 0. The second kappa shape index (κ2) is 4.89. The van der Waals surface area contributed by atoms with Crippen molar-refractivity contribution in [1.29, 1.82) is 0 Å². The van der Waals surface area contributed by atoms with Crippen LogP contribution in [0.1, 0.15) is 6.23 Å². The number of fused-ring (bicyclic) bond motifs is 1. The minimum Gasteiger partial charge on any atom is -0.394 e. The molecule has 1 aliphatic rings. The molecule has 1 fully saturated rings. The van der Waals surface area contributed by atoms with Gasteiger partial charge in [0.05, 0.1) is 12.9 Å². The minimum absolute atomic E-state index is 0.00691. The Morgan fingerprint density at radius 3 is 2.86 bits per heavy atom.